The summed E-state index contributed by atoms with van der Waals surface area (Å²) in [6.07, 6.45) is 1.24. The third kappa shape index (κ3) is 3.03. The fourth-order valence-electron chi connectivity index (χ4n) is 2.50. The van der Waals surface area contributed by atoms with E-state index in [0.29, 0.717) is 30.6 Å². The fraction of sp³-hybridized carbons (Fsp3) is 0.500. The molecule has 0 aliphatic carbocycles. The summed E-state index contributed by atoms with van der Waals surface area (Å²) in [5, 5.41) is 2.63. The molecule has 1 amide bonds. The molecule has 1 fully saturated rings. The van der Waals surface area contributed by atoms with Crippen molar-refractivity contribution in [1.29, 1.82) is 0 Å². The number of nitrogens with zero attached hydrogens (tertiary/aromatic N) is 1. The minimum Gasteiger partial charge on any atom is -0.398 e. The Morgan fingerprint density at radius 3 is 2.57 bits per heavy atom. The van der Waals surface area contributed by atoms with Gasteiger partial charge in [-0.25, -0.2) is 8.42 Å². The number of amides is 1. The molecule has 0 saturated carbocycles. The van der Waals surface area contributed by atoms with Crippen LogP contribution in [-0.2, 0) is 27.7 Å². The van der Waals surface area contributed by atoms with Gasteiger partial charge in [-0.2, -0.15) is 4.31 Å². The Labute approximate surface area is 125 Å². The molecule has 0 bridgehead atoms. The second kappa shape index (κ2) is 6.03. The van der Waals surface area contributed by atoms with Crippen LogP contribution < -0.4 is 11.1 Å². The predicted molar refractivity (Wildman–Crippen MR) is 81.4 cm³/mol. The lowest BCUT2D eigenvalue weighted by Crippen LogP contribution is -2.50. The number of anilines is 1. The highest BCUT2D eigenvalue weighted by molar-refractivity contribution is 7.89. The van der Waals surface area contributed by atoms with Crippen LogP contribution in [0.3, 0.4) is 0 Å². The summed E-state index contributed by atoms with van der Waals surface area (Å²) < 4.78 is 26.9. The van der Waals surface area contributed by atoms with E-state index in [1.165, 1.54) is 4.31 Å². The fourth-order valence-corrected chi connectivity index (χ4v) is 4.27. The van der Waals surface area contributed by atoms with Crippen molar-refractivity contribution in [3.63, 3.8) is 0 Å². The largest absolute Gasteiger partial charge is 0.398 e. The van der Waals surface area contributed by atoms with Crippen molar-refractivity contribution >= 4 is 21.6 Å². The molecular weight excluding hydrogens is 290 g/mol. The quantitative estimate of drug-likeness (QED) is 0.793. The first-order valence-corrected chi connectivity index (χ1v) is 8.52. The molecule has 3 N–H and O–H groups in total. The number of hydrogen-bond acceptors (Lipinski definition) is 4. The zero-order valence-corrected chi connectivity index (χ0v) is 13.2. The van der Waals surface area contributed by atoms with Gasteiger partial charge in [0.1, 0.15) is 0 Å². The number of piperazine rings is 1. The highest BCUT2D eigenvalue weighted by atomic mass is 32.2. The first-order valence-electron chi connectivity index (χ1n) is 7.08. The lowest BCUT2D eigenvalue weighted by Gasteiger charge is -2.27. The predicted octanol–water partition coefficient (Wildman–Crippen LogP) is 0.514. The van der Waals surface area contributed by atoms with Gasteiger partial charge < -0.3 is 11.1 Å². The summed E-state index contributed by atoms with van der Waals surface area (Å²) in [7, 11) is -3.70. The lowest BCUT2D eigenvalue weighted by atomic mass is 10.1. The summed E-state index contributed by atoms with van der Waals surface area (Å²) in [5.74, 6) is -0.275. The number of benzene rings is 1. The molecule has 0 radical (unpaired) electrons. The van der Waals surface area contributed by atoms with E-state index in [2.05, 4.69) is 5.32 Å². The van der Waals surface area contributed by atoms with E-state index >= 15 is 0 Å². The zero-order chi connectivity index (χ0) is 15.6. The van der Waals surface area contributed by atoms with Crippen LogP contribution in [0.1, 0.15) is 25.0 Å². The highest BCUT2D eigenvalue weighted by Gasteiger charge is 2.31. The number of aryl methyl sites for hydroxylation is 1. The number of hydrogen-bond donors (Lipinski definition) is 2. The maximum atomic E-state index is 12.8. The van der Waals surface area contributed by atoms with Gasteiger partial charge in [0.15, 0.2) is 0 Å². The highest BCUT2D eigenvalue weighted by Crippen LogP contribution is 2.28. The second-order valence-electron chi connectivity index (χ2n) is 5.06. The van der Waals surface area contributed by atoms with Crippen molar-refractivity contribution in [3.05, 3.63) is 23.3 Å². The summed E-state index contributed by atoms with van der Waals surface area (Å²) in [4.78, 5) is 11.7. The summed E-state index contributed by atoms with van der Waals surface area (Å²) in [6.45, 7) is 4.31. The number of carbonyl (C=O) groups excluding carboxylic acids is 1. The van der Waals surface area contributed by atoms with Gasteiger partial charge >= 0.3 is 0 Å². The third-order valence-electron chi connectivity index (χ3n) is 3.69. The topological polar surface area (TPSA) is 92.5 Å². The van der Waals surface area contributed by atoms with Crippen LogP contribution >= 0.6 is 0 Å². The van der Waals surface area contributed by atoms with Crippen LogP contribution in [0, 0.1) is 0 Å². The molecule has 0 atom stereocenters. The van der Waals surface area contributed by atoms with Crippen molar-refractivity contribution in [3.8, 4) is 0 Å². The minimum absolute atomic E-state index is 0.137. The molecule has 7 heteroatoms. The number of sulfonamides is 1. The van der Waals surface area contributed by atoms with Crippen molar-refractivity contribution in [1.82, 2.24) is 9.62 Å². The Morgan fingerprint density at radius 1 is 1.29 bits per heavy atom. The molecular formula is C14H21N3O3S. The lowest BCUT2D eigenvalue weighted by molar-refractivity contribution is -0.122. The van der Waals surface area contributed by atoms with Crippen molar-refractivity contribution in [2.24, 2.45) is 0 Å². The van der Waals surface area contributed by atoms with E-state index in [-0.39, 0.29) is 23.9 Å². The minimum atomic E-state index is -3.70. The standard InChI is InChI=1S/C14H21N3O3S/c1-3-10-7-12(15)11(4-2)13(8-10)21(19,20)17-6-5-16-14(18)9-17/h7-8H,3-6,9,15H2,1-2H3,(H,16,18). The SMILES string of the molecule is CCc1cc(N)c(CC)c(S(=O)(=O)N2CCNC(=O)C2)c1. The van der Waals surface area contributed by atoms with Gasteiger partial charge in [-0.3, -0.25) is 4.79 Å². The molecule has 21 heavy (non-hydrogen) atoms. The summed E-state index contributed by atoms with van der Waals surface area (Å²) >= 11 is 0. The van der Waals surface area contributed by atoms with Crippen molar-refractivity contribution in [2.45, 2.75) is 31.6 Å². The number of rotatable bonds is 4. The summed E-state index contributed by atoms with van der Waals surface area (Å²) in [5.41, 5.74) is 8.00. The maximum Gasteiger partial charge on any atom is 0.243 e. The Hall–Kier alpha value is -1.60. The van der Waals surface area contributed by atoms with Gasteiger partial charge in [0.25, 0.3) is 0 Å². The first kappa shape index (κ1) is 15.8. The monoisotopic (exact) mass is 311 g/mol. The van der Waals surface area contributed by atoms with Crippen LogP contribution in [0.5, 0.6) is 0 Å². The van der Waals surface area contributed by atoms with Gasteiger partial charge in [-0.15, -0.1) is 0 Å². The van der Waals surface area contributed by atoms with Crippen molar-refractivity contribution < 1.29 is 13.2 Å². The van der Waals surface area contributed by atoms with Crippen LogP contribution in [0.25, 0.3) is 0 Å². The van der Waals surface area contributed by atoms with E-state index in [4.69, 9.17) is 5.73 Å². The van der Waals surface area contributed by atoms with Crippen LogP contribution in [-0.4, -0.2) is 38.3 Å². The van der Waals surface area contributed by atoms with E-state index < -0.39 is 10.0 Å². The number of nitrogens with one attached hydrogen (secondary N) is 1. The average molecular weight is 311 g/mol. The van der Waals surface area contributed by atoms with Crippen LogP contribution in [0.4, 0.5) is 5.69 Å². The number of nitrogen functional groups attached to an aromatic ring is 1. The molecule has 0 aromatic heterocycles. The smallest absolute Gasteiger partial charge is 0.243 e. The molecule has 1 aliphatic rings. The third-order valence-corrected chi connectivity index (χ3v) is 5.60. The molecule has 1 aromatic rings. The molecule has 0 unspecified atom stereocenters. The molecule has 1 saturated heterocycles. The van der Waals surface area contributed by atoms with E-state index in [9.17, 15) is 13.2 Å². The Bertz CT molecular complexity index is 656. The molecule has 1 aliphatic heterocycles. The normalized spacial score (nSPS) is 16.8. The molecule has 1 heterocycles. The number of carbonyl (C=O) groups is 1. The van der Waals surface area contributed by atoms with Gasteiger partial charge in [-0.1, -0.05) is 13.8 Å². The molecule has 6 nitrogen and oxygen atoms in total. The molecule has 2 rings (SSSR count). The molecule has 116 valence electrons. The van der Waals surface area contributed by atoms with Gasteiger partial charge in [0.05, 0.1) is 11.4 Å². The van der Waals surface area contributed by atoms with Crippen LogP contribution in [0.2, 0.25) is 0 Å². The average Bonchev–Trinajstić information content (AvgIpc) is 2.46. The first-order chi connectivity index (χ1) is 9.90. The summed E-state index contributed by atoms with van der Waals surface area (Å²) in [6, 6.07) is 3.50. The number of nitrogens with two attached hydrogens (primary N) is 1. The van der Waals surface area contributed by atoms with Gasteiger partial charge in [0, 0.05) is 18.8 Å². The maximum absolute atomic E-state index is 12.8. The molecule has 1 aromatic carbocycles. The van der Waals surface area contributed by atoms with E-state index in [1.807, 2.05) is 19.9 Å². The molecule has 0 spiro atoms. The van der Waals surface area contributed by atoms with Gasteiger partial charge in [-0.05, 0) is 36.1 Å². The Balaban J connectivity index is 2.52. The Morgan fingerprint density at radius 2 is 2.00 bits per heavy atom. The zero-order valence-electron chi connectivity index (χ0n) is 12.3. The van der Waals surface area contributed by atoms with Crippen LogP contribution in [0.15, 0.2) is 17.0 Å². The van der Waals surface area contributed by atoms with E-state index in [0.717, 1.165) is 5.56 Å². The Kier molecular flexibility index (Phi) is 4.53. The van der Waals surface area contributed by atoms with E-state index in [1.54, 1.807) is 6.07 Å². The van der Waals surface area contributed by atoms with Crippen molar-refractivity contribution in [2.75, 3.05) is 25.4 Å². The van der Waals surface area contributed by atoms with Gasteiger partial charge in [0.2, 0.25) is 15.9 Å². The second-order valence-corrected chi connectivity index (χ2v) is 6.96.